The Morgan fingerprint density at radius 2 is 1.70 bits per heavy atom. The van der Waals surface area contributed by atoms with Gasteiger partial charge < -0.3 is 28.7 Å². The standard InChI is InChI=1S/C61H79N13O6/c1-36-50(46-16-18-62-35-64-46)51(36)56(75)66-53-55(72-32-61(33-72)17-8-19-68(61)5)57-65-48(31-79-57)38-10-15-49-43(25-38)45(27-60(3,4)34-80-59(77)47-9-7-20-73(67-47)58(53)76)54(74(49)42-29-71(30-42)40-13-14-40)44-26-41(28-63-52(44)37(2)78-6)70-23-21-69(22-24-70)39-11-12-39/h10,15-16,18,25-26,28,31,35-37,39-40,42,47,50-51,53,55,67H,7-9,11-14,17,19-24,27,29-30,32-34H2,1-6H3,(H,66,75)/t36-,37-,47-,50-,51+,53-,55-/m0/s1. The first-order valence-corrected chi connectivity index (χ1v) is 29.9. The molecule has 80 heavy (non-hydrogen) atoms. The summed E-state index contributed by atoms with van der Waals surface area (Å²) >= 11 is 0. The van der Waals surface area contributed by atoms with Gasteiger partial charge in [0.25, 0.3) is 5.91 Å². The third-order valence-electron chi connectivity index (χ3n) is 20.0. The van der Waals surface area contributed by atoms with E-state index in [4.69, 9.17) is 23.9 Å². The van der Waals surface area contributed by atoms with Crippen molar-refractivity contribution in [1.82, 2.24) is 59.9 Å². The highest BCUT2D eigenvalue weighted by Gasteiger charge is 2.58. The highest BCUT2D eigenvalue weighted by atomic mass is 16.5. The number of benzene rings is 1. The molecule has 19 nitrogen and oxygen atoms in total. The predicted molar refractivity (Wildman–Crippen MR) is 301 cm³/mol. The molecule has 7 atom stereocenters. The highest BCUT2D eigenvalue weighted by molar-refractivity contribution is 5.96. The lowest BCUT2D eigenvalue weighted by Gasteiger charge is -2.55. The van der Waals surface area contributed by atoms with Gasteiger partial charge in [0.05, 0.1) is 42.0 Å². The number of hydrogen-bond donors (Lipinski definition) is 2. The van der Waals surface area contributed by atoms with Gasteiger partial charge >= 0.3 is 5.97 Å². The van der Waals surface area contributed by atoms with Crippen molar-refractivity contribution in [3.05, 3.63) is 78.2 Å². The van der Waals surface area contributed by atoms with E-state index in [0.717, 1.165) is 115 Å². The Labute approximate surface area is 469 Å². The summed E-state index contributed by atoms with van der Waals surface area (Å²) in [5, 5.41) is 5.95. The summed E-state index contributed by atoms with van der Waals surface area (Å²) in [6, 6.07) is 9.87. The molecule has 9 aliphatic rings. The fraction of sp³-hybridized carbons (Fsp3) is 0.623. The molecule has 8 fully saturated rings. The molecule has 6 aliphatic heterocycles. The molecule has 10 heterocycles. The van der Waals surface area contributed by atoms with Crippen LogP contribution in [0.25, 0.3) is 33.4 Å². The second-order valence-electron chi connectivity index (χ2n) is 26.0. The molecule has 424 valence electrons. The number of amides is 2. The lowest BCUT2D eigenvalue weighted by molar-refractivity contribution is -0.157. The summed E-state index contributed by atoms with van der Waals surface area (Å²) in [7, 11) is 3.95. The summed E-state index contributed by atoms with van der Waals surface area (Å²) in [5.74, 6) is -1.16. The molecule has 0 unspecified atom stereocenters. The Morgan fingerprint density at radius 3 is 2.42 bits per heavy atom. The van der Waals surface area contributed by atoms with E-state index >= 15 is 4.79 Å². The van der Waals surface area contributed by atoms with Gasteiger partial charge in [-0.3, -0.25) is 44.0 Å². The van der Waals surface area contributed by atoms with Crippen molar-refractivity contribution >= 4 is 34.4 Å². The number of cyclic esters (lactones) is 1. The van der Waals surface area contributed by atoms with Crippen LogP contribution in [0.2, 0.25) is 0 Å². The van der Waals surface area contributed by atoms with Gasteiger partial charge in [-0.1, -0.05) is 26.8 Å². The maximum absolute atomic E-state index is 15.5. The number of carbonyl (C=O) groups is 3. The average Bonchev–Trinajstić information content (AvgIpc) is 4.40. The lowest BCUT2D eigenvalue weighted by Crippen LogP contribution is -2.70. The number of nitrogens with one attached hydrogen (secondary N) is 2. The van der Waals surface area contributed by atoms with Crippen molar-refractivity contribution in [1.29, 1.82) is 0 Å². The second-order valence-corrected chi connectivity index (χ2v) is 26.0. The van der Waals surface area contributed by atoms with E-state index in [1.54, 1.807) is 19.6 Å². The van der Waals surface area contributed by atoms with Gasteiger partial charge in [-0.25, -0.2) is 20.4 Å². The number of esters is 1. The zero-order chi connectivity index (χ0) is 54.8. The van der Waals surface area contributed by atoms with Gasteiger partial charge in [-0.2, -0.15) is 0 Å². The summed E-state index contributed by atoms with van der Waals surface area (Å²) in [6.07, 6.45) is 15.6. The normalized spacial score (nSPS) is 29.1. The van der Waals surface area contributed by atoms with Gasteiger partial charge in [0.2, 0.25) is 11.8 Å². The molecular weight excluding hydrogens is 1010 g/mol. The topological polar surface area (TPSA) is 183 Å². The maximum atomic E-state index is 15.5. The SMILES string of the molecule is CO[C@@H](C)c1ncc(N2CCN(C3CC3)CC2)cc1-c1c2c3cc(ccc3n1C1CN(C3CC3)C1)-c1coc(n1)[C@@H](N1CC3(CCCN3C)C1)[C@H](NC(=O)[C@@H]1[C@@H](C)[C@H]1c1ccncn1)C(=O)N1CCC[C@H](N1)C(=O)OCC(C)(C)C2. The quantitative estimate of drug-likeness (QED) is 0.144. The van der Waals surface area contributed by atoms with Gasteiger partial charge in [-0.15, -0.1) is 0 Å². The molecule has 2 amide bonds. The molecule has 0 radical (unpaired) electrons. The van der Waals surface area contributed by atoms with E-state index in [1.807, 2.05) is 6.07 Å². The number of likely N-dealkylation sites (tertiary alicyclic amines) is 3. The molecule has 2 N–H and O–H groups in total. The minimum atomic E-state index is -1.12. The number of oxazole rings is 1. The molecule has 1 aromatic carbocycles. The number of anilines is 1. The Morgan fingerprint density at radius 1 is 0.912 bits per heavy atom. The molecule has 4 aromatic heterocycles. The number of piperazine rings is 1. The van der Waals surface area contributed by atoms with E-state index < -0.39 is 35.4 Å². The number of ether oxygens (including phenoxy) is 2. The fourth-order valence-electron chi connectivity index (χ4n) is 14.8. The number of hydrazine groups is 1. The van der Waals surface area contributed by atoms with Gasteiger partial charge in [0, 0.05) is 135 Å². The smallest absolute Gasteiger partial charge is 0.324 e. The van der Waals surface area contributed by atoms with Gasteiger partial charge in [0.15, 0.2) is 0 Å². The number of fused-ring (bicyclic) bond motifs is 6. The second kappa shape index (κ2) is 20.3. The Kier molecular flexibility index (Phi) is 13.2. The van der Waals surface area contributed by atoms with E-state index in [9.17, 15) is 9.59 Å². The monoisotopic (exact) mass is 1090 g/mol. The van der Waals surface area contributed by atoms with E-state index in [1.165, 1.54) is 37.0 Å². The summed E-state index contributed by atoms with van der Waals surface area (Å²) < 4.78 is 21.9. The van der Waals surface area contributed by atoms with Crippen LogP contribution in [-0.4, -0.2) is 183 Å². The average molecular weight is 1090 g/mol. The van der Waals surface area contributed by atoms with Crippen LogP contribution in [0.1, 0.15) is 126 Å². The number of pyridine rings is 1. The zero-order valence-corrected chi connectivity index (χ0v) is 47.5. The molecule has 14 rings (SSSR count). The highest BCUT2D eigenvalue weighted by Crippen LogP contribution is 2.54. The minimum Gasteiger partial charge on any atom is -0.464 e. The van der Waals surface area contributed by atoms with Gasteiger partial charge in [-0.05, 0) is 114 Å². The Balaban J connectivity index is 0.910. The number of rotatable bonds is 11. The van der Waals surface area contributed by atoms with E-state index in [0.29, 0.717) is 56.5 Å². The Bertz CT molecular complexity index is 3170. The van der Waals surface area contributed by atoms with E-state index in [-0.39, 0.29) is 47.9 Å². The maximum Gasteiger partial charge on any atom is 0.324 e. The number of nitrogens with zero attached hydrogens (tertiary/aromatic N) is 11. The predicted octanol–water partition coefficient (Wildman–Crippen LogP) is 6.14. The summed E-state index contributed by atoms with van der Waals surface area (Å²) in [6.45, 7) is 17.3. The molecule has 19 heteroatoms. The molecule has 5 aromatic rings. The van der Waals surface area contributed by atoms with E-state index in [2.05, 4.69) is 115 Å². The third-order valence-corrected chi connectivity index (χ3v) is 20.0. The van der Waals surface area contributed by atoms with Crippen molar-refractivity contribution in [3.8, 4) is 22.5 Å². The number of hydrogen-bond acceptors (Lipinski definition) is 16. The molecule has 3 aliphatic carbocycles. The van der Waals surface area contributed by atoms with Crippen LogP contribution in [-0.2, 0) is 30.3 Å². The van der Waals surface area contributed by atoms with Crippen molar-refractivity contribution in [2.75, 3.05) is 91.1 Å². The lowest BCUT2D eigenvalue weighted by atomic mass is 9.84. The van der Waals surface area contributed by atoms with Crippen LogP contribution in [0.4, 0.5) is 5.69 Å². The Hall–Kier alpha value is -5.83. The zero-order valence-electron chi connectivity index (χ0n) is 47.5. The molecule has 6 bridgehead atoms. The van der Waals surface area contributed by atoms with Crippen LogP contribution >= 0.6 is 0 Å². The van der Waals surface area contributed by atoms with Crippen LogP contribution in [0.5, 0.6) is 0 Å². The van der Waals surface area contributed by atoms with Crippen molar-refractivity contribution in [2.45, 2.75) is 139 Å². The van der Waals surface area contributed by atoms with Gasteiger partial charge in [0.1, 0.15) is 36.4 Å². The molecular formula is C61H79N13O6. The number of carbonyl (C=O) groups excluding carboxylic acids is 3. The van der Waals surface area contributed by atoms with Crippen LogP contribution < -0.4 is 15.6 Å². The largest absolute Gasteiger partial charge is 0.464 e. The minimum absolute atomic E-state index is 0.00137. The molecule has 5 saturated heterocycles. The van der Waals surface area contributed by atoms with Crippen molar-refractivity contribution < 1.29 is 28.3 Å². The van der Waals surface area contributed by atoms with Crippen LogP contribution in [0, 0.1) is 17.3 Å². The first-order valence-electron chi connectivity index (χ1n) is 29.9. The van der Waals surface area contributed by atoms with Crippen LogP contribution in [0.3, 0.4) is 0 Å². The fourth-order valence-corrected chi connectivity index (χ4v) is 14.8. The first kappa shape index (κ1) is 52.3. The summed E-state index contributed by atoms with van der Waals surface area (Å²) in [5.41, 5.74) is 11.5. The molecule has 3 saturated carbocycles. The molecule has 1 spiro atoms. The van der Waals surface area contributed by atoms with Crippen LogP contribution in [0.15, 0.2) is 59.7 Å². The number of likely N-dealkylation sites (N-methyl/N-ethyl adjacent to an activating group) is 1. The van der Waals surface area contributed by atoms with Crippen molar-refractivity contribution in [2.24, 2.45) is 17.3 Å². The first-order chi connectivity index (χ1) is 38.7. The number of aromatic nitrogens is 5. The van der Waals surface area contributed by atoms with Crippen molar-refractivity contribution in [3.63, 3.8) is 0 Å². The number of methoxy groups -OCH3 is 1. The third kappa shape index (κ3) is 9.40. The summed E-state index contributed by atoms with van der Waals surface area (Å²) in [4.78, 5) is 76.8.